The highest BCUT2D eigenvalue weighted by Gasteiger charge is 2.23. The van der Waals surface area contributed by atoms with E-state index in [4.69, 9.17) is 4.99 Å². The molecule has 1 heterocycles. The molecule has 2 aromatic carbocycles. The van der Waals surface area contributed by atoms with E-state index in [1.54, 1.807) is 0 Å². The second kappa shape index (κ2) is 5.01. The SMILES string of the molecule is Cc1ccc2ccc(C3=NCC(C(C)C)S3)cc2c1. The van der Waals surface area contributed by atoms with Gasteiger partial charge in [0.2, 0.25) is 0 Å². The Hall–Kier alpha value is -1.28. The van der Waals surface area contributed by atoms with Crippen LogP contribution in [-0.4, -0.2) is 16.8 Å². The van der Waals surface area contributed by atoms with Crippen molar-refractivity contribution < 1.29 is 0 Å². The van der Waals surface area contributed by atoms with Gasteiger partial charge in [-0.15, -0.1) is 11.8 Å². The molecule has 0 aromatic heterocycles. The minimum absolute atomic E-state index is 0.642. The summed E-state index contributed by atoms with van der Waals surface area (Å²) in [6, 6.07) is 13.3. The van der Waals surface area contributed by atoms with Crippen LogP contribution in [0, 0.1) is 12.8 Å². The van der Waals surface area contributed by atoms with Gasteiger partial charge in [-0.1, -0.05) is 49.7 Å². The van der Waals surface area contributed by atoms with Gasteiger partial charge >= 0.3 is 0 Å². The third-order valence-corrected chi connectivity index (χ3v) is 5.25. The Morgan fingerprint density at radius 1 is 1.11 bits per heavy atom. The zero-order chi connectivity index (χ0) is 13.4. The molecule has 1 aliphatic heterocycles. The number of hydrogen-bond donors (Lipinski definition) is 0. The lowest BCUT2D eigenvalue weighted by atomic mass is 10.1. The molecule has 0 spiro atoms. The third-order valence-electron chi connectivity index (χ3n) is 3.66. The highest BCUT2D eigenvalue weighted by Crippen LogP contribution is 2.31. The quantitative estimate of drug-likeness (QED) is 0.772. The van der Waals surface area contributed by atoms with E-state index in [2.05, 4.69) is 57.2 Å². The van der Waals surface area contributed by atoms with Crippen LogP contribution in [0.4, 0.5) is 0 Å². The van der Waals surface area contributed by atoms with E-state index >= 15 is 0 Å². The summed E-state index contributed by atoms with van der Waals surface area (Å²) in [7, 11) is 0. The number of nitrogens with zero attached hydrogens (tertiary/aromatic N) is 1. The molecule has 1 atom stereocenters. The molecule has 1 nitrogen and oxygen atoms in total. The van der Waals surface area contributed by atoms with Gasteiger partial charge in [-0.2, -0.15) is 0 Å². The van der Waals surface area contributed by atoms with Crippen molar-refractivity contribution in [3.8, 4) is 0 Å². The van der Waals surface area contributed by atoms with E-state index in [9.17, 15) is 0 Å². The fourth-order valence-electron chi connectivity index (χ4n) is 2.40. The number of aryl methyl sites for hydroxylation is 1. The predicted molar refractivity (Wildman–Crippen MR) is 86.3 cm³/mol. The Labute approximate surface area is 119 Å². The van der Waals surface area contributed by atoms with Gasteiger partial charge in [0.15, 0.2) is 0 Å². The van der Waals surface area contributed by atoms with Gasteiger partial charge in [0.1, 0.15) is 0 Å². The van der Waals surface area contributed by atoms with Crippen LogP contribution in [0.25, 0.3) is 10.8 Å². The van der Waals surface area contributed by atoms with Crippen LogP contribution in [0.5, 0.6) is 0 Å². The molecule has 19 heavy (non-hydrogen) atoms. The fourth-order valence-corrected chi connectivity index (χ4v) is 3.52. The van der Waals surface area contributed by atoms with Crippen molar-refractivity contribution in [1.29, 1.82) is 0 Å². The van der Waals surface area contributed by atoms with Crippen LogP contribution in [0.2, 0.25) is 0 Å². The maximum absolute atomic E-state index is 4.72. The van der Waals surface area contributed by atoms with Crippen molar-refractivity contribution in [2.75, 3.05) is 6.54 Å². The van der Waals surface area contributed by atoms with E-state index in [0.717, 1.165) is 6.54 Å². The van der Waals surface area contributed by atoms with Gasteiger partial charge in [0, 0.05) is 10.8 Å². The molecule has 2 aromatic rings. The summed E-state index contributed by atoms with van der Waals surface area (Å²) < 4.78 is 0. The fraction of sp³-hybridized carbons (Fsp3) is 0.353. The molecule has 1 unspecified atom stereocenters. The smallest absolute Gasteiger partial charge is 0.0980 e. The van der Waals surface area contributed by atoms with Crippen LogP contribution in [0.3, 0.4) is 0 Å². The minimum atomic E-state index is 0.642. The highest BCUT2D eigenvalue weighted by molar-refractivity contribution is 8.15. The first-order valence-corrected chi connectivity index (χ1v) is 7.73. The number of thioether (sulfide) groups is 1. The Bertz CT molecular complexity index is 643. The molecule has 0 saturated heterocycles. The normalized spacial score (nSPS) is 19.2. The molecular formula is C17H19NS. The van der Waals surface area contributed by atoms with Crippen molar-refractivity contribution in [2.24, 2.45) is 10.9 Å². The largest absolute Gasteiger partial charge is 0.277 e. The number of aliphatic imine (C=N–C) groups is 1. The van der Waals surface area contributed by atoms with Gasteiger partial charge in [0.05, 0.1) is 11.6 Å². The lowest BCUT2D eigenvalue weighted by Crippen LogP contribution is -2.11. The highest BCUT2D eigenvalue weighted by atomic mass is 32.2. The van der Waals surface area contributed by atoms with Crippen LogP contribution in [0.1, 0.15) is 25.0 Å². The molecule has 0 amide bonds. The van der Waals surface area contributed by atoms with E-state index in [1.807, 2.05) is 11.8 Å². The first-order valence-electron chi connectivity index (χ1n) is 6.85. The number of hydrogen-bond acceptors (Lipinski definition) is 2. The Kier molecular flexibility index (Phi) is 3.36. The summed E-state index contributed by atoms with van der Waals surface area (Å²) in [6.07, 6.45) is 0. The van der Waals surface area contributed by atoms with Crippen molar-refractivity contribution in [2.45, 2.75) is 26.0 Å². The van der Waals surface area contributed by atoms with Crippen molar-refractivity contribution >= 4 is 27.6 Å². The van der Waals surface area contributed by atoms with Crippen LogP contribution >= 0.6 is 11.8 Å². The molecule has 98 valence electrons. The minimum Gasteiger partial charge on any atom is -0.277 e. The van der Waals surface area contributed by atoms with E-state index < -0.39 is 0 Å². The lowest BCUT2D eigenvalue weighted by molar-refractivity contribution is 0.621. The summed E-state index contributed by atoms with van der Waals surface area (Å²) in [4.78, 5) is 4.72. The first kappa shape index (κ1) is 12.7. The first-order chi connectivity index (χ1) is 9.13. The zero-order valence-corrected chi connectivity index (χ0v) is 12.5. The van der Waals surface area contributed by atoms with E-state index in [-0.39, 0.29) is 0 Å². The summed E-state index contributed by atoms with van der Waals surface area (Å²) in [5.74, 6) is 0.689. The standard InChI is InChI=1S/C17H19NS/c1-11(2)16-10-18-17(19-16)14-7-6-13-5-4-12(3)8-15(13)9-14/h4-9,11,16H,10H2,1-3H3. The molecule has 0 bridgehead atoms. The van der Waals surface area contributed by atoms with Gasteiger partial charge < -0.3 is 0 Å². The average molecular weight is 269 g/mol. The summed E-state index contributed by atoms with van der Waals surface area (Å²) in [5.41, 5.74) is 2.58. The average Bonchev–Trinajstić information content (AvgIpc) is 2.87. The second-order valence-corrected chi connectivity index (χ2v) is 6.84. The van der Waals surface area contributed by atoms with Gasteiger partial charge in [-0.05, 0) is 29.7 Å². The summed E-state index contributed by atoms with van der Waals surface area (Å²) >= 11 is 1.93. The molecule has 0 aliphatic carbocycles. The third kappa shape index (κ3) is 2.55. The predicted octanol–water partition coefficient (Wildman–Crippen LogP) is 4.67. The lowest BCUT2D eigenvalue weighted by Gasteiger charge is -2.11. The Balaban J connectivity index is 1.94. The van der Waals surface area contributed by atoms with Crippen molar-refractivity contribution in [3.05, 3.63) is 47.5 Å². The molecule has 2 heteroatoms. The van der Waals surface area contributed by atoms with Crippen LogP contribution < -0.4 is 0 Å². The number of fused-ring (bicyclic) bond motifs is 1. The number of rotatable bonds is 2. The van der Waals surface area contributed by atoms with E-state index in [1.165, 1.54) is 26.9 Å². The monoisotopic (exact) mass is 269 g/mol. The molecule has 0 saturated carbocycles. The van der Waals surface area contributed by atoms with Crippen LogP contribution in [-0.2, 0) is 0 Å². The van der Waals surface area contributed by atoms with Gasteiger partial charge in [-0.25, -0.2) is 0 Å². The van der Waals surface area contributed by atoms with E-state index in [0.29, 0.717) is 11.2 Å². The van der Waals surface area contributed by atoms with Gasteiger partial charge in [0.25, 0.3) is 0 Å². The summed E-state index contributed by atoms with van der Waals surface area (Å²) in [5, 5.41) is 4.47. The molecule has 1 aliphatic rings. The molecular weight excluding hydrogens is 250 g/mol. The van der Waals surface area contributed by atoms with Crippen molar-refractivity contribution in [1.82, 2.24) is 0 Å². The molecule has 0 N–H and O–H groups in total. The maximum Gasteiger partial charge on any atom is 0.0980 e. The Morgan fingerprint density at radius 3 is 2.63 bits per heavy atom. The molecule has 0 fully saturated rings. The number of benzene rings is 2. The van der Waals surface area contributed by atoms with Crippen molar-refractivity contribution in [3.63, 3.8) is 0 Å². The van der Waals surface area contributed by atoms with Crippen LogP contribution in [0.15, 0.2) is 41.4 Å². The molecule has 0 radical (unpaired) electrons. The molecule has 3 rings (SSSR count). The topological polar surface area (TPSA) is 12.4 Å². The van der Waals surface area contributed by atoms with Gasteiger partial charge in [-0.3, -0.25) is 4.99 Å². The second-order valence-electron chi connectivity index (χ2n) is 5.61. The summed E-state index contributed by atoms with van der Waals surface area (Å²) in [6.45, 7) is 7.66. The maximum atomic E-state index is 4.72. The Morgan fingerprint density at radius 2 is 1.89 bits per heavy atom. The zero-order valence-electron chi connectivity index (χ0n) is 11.7.